The van der Waals surface area contributed by atoms with Crippen LogP contribution in [-0.4, -0.2) is 38.3 Å². The number of hydrogen-bond acceptors (Lipinski definition) is 5. The number of carbonyl (C=O) groups excluding carboxylic acids is 1. The molecule has 0 radical (unpaired) electrons. The van der Waals surface area contributed by atoms with Crippen molar-refractivity contribution >= 4 is 16.4 Å². The molecule has 5 nitrogen and oxygen atoms in total. The van der Waals surface area contributed by atoms with E-state index in [1.807, 2.05) is 6.92 Å². The standard InChI is InChI=1S/C28H41F7O5S/c1-5-24(41(35,37)38)15-13-11-9-7-6-8-10-12-14-21(4)22-16-18-23(19-17-22)26(27(29,30)31,28(32,33)34)40-25(36)39-20(2)3/h16-21,24H,5-15H2,1-4H3. The fourth-order valence-corrected chi connectivity index (χ4v) is 5.49. The summed E-state index contributed by atoms with van der Waals surface area (Å²) in [7, 11) is -4.49. The van der Waals surface area contributed by atoms with Crippen LogP contribution in [0.2, 0.25) is 0 Å². The van der Waals surface area contributed by atoms with Gasteiger partial charge in [-0.15, -0.1) is 3.89 Å². The van der Waals surface area contributed by atoms with Crippen LogP contribution < -0.4 is 0 Å². The van der Waals surface area contributed by atoms with Crippen LogP contribution in [0.4, 0.5) is 35.0 Å². The highest BCUT2D eigenvalue weighted by atomic mass is 32.3. The fourth-order valence-electron chi connectivity index (χ4n) is 4.64. The molecule has 0 bridgehead atoms. The molecule has 1 aromatic rings. The Morgan fingerprint density at radius 2 is 1.22 bits per heavy atom. The number of benzene rings is 1. The average Bonchev–Trinajstić information content (AvgIpc) is 2.83. The van der Waals surface area contributed by atoms with Crippen LogP contribution in [0, 0.1) is 0 Å². The van der Waals surface area contributed by atoms with Crippen LogP contribution in [-0.2, 0) is 25.3 Å². The van der Waals surface area contributed by atoms with E-state index in [9.17, 15) is 43.4 Å². The van der Waals surface area contributed by atoms with Crippen molar-refractivity contribution in [3.05, 3.63) is 35.4 Å². The molecule has 2 atom stereocenters. The molecular formula is C28H41F7O5S. The number of alkyl halides is 6. The maximum Gasteiger partial charge on any atom is 0.510 e. The molecular weight excluding hydrogens is 581 g/mol. The van der Waals surface area contributed by atoms with Gasteiger partial charge in [-0.25, -0.2) is 4.79 Å². The SMILES string of the molecule is CCC(CCCCCCCCCCC(C)c1ccc(C(OC(=O)OC(C)C)(C(F)(F)F)C(F)(F)F)cc1)S(=O)(=O)F. The summed E-state index contributed by atoms with van der Waals surface area (Å²) in [5.74, 6) is -0.125. The van der Waals surface area contributed by atoms with Gasteiger partial charge in [-0.05, 0) is 44.6 Å². The van der Waals surface area contributed by atoms with Gasteiger partial charge in [0.1, 0.15) is 0 Å². The molecule has 0 saturated heterocycles. The molecule has 0 N–H and O–H groups in total. The molecule has 0 saturated carbocycles. The lowest BCUT2D eigenvalue weighted by Gasteiger charge is -2.36. The molecule has 0 aromatic heterocycles. The van der Waals surface area contributed by atoms with E-state index in [1.54, 1.807) is 6.92 Å². The minimum atomic E-state index is -6.00. The van der Waals surface area contributed by atoms with Crippen LogP contribution in [0.5, 0.6) is 0 Å². The summed E-state index contributed by atoms with van der Waals surface area (Å²) in [5, 5.41) is -0.931. The summed E-state index contributed by atoms with van der Waals surface area (Å²) in [4.78, 5) is 11.8. The monoisotopic (exact) mass is 622 g/mol. The Morgan fingerprint density at radius 1 is 0.780 bits per heavy atom. The molecule has 0 spiro atoms. The van der Waals surface area contributed by atoms with Crippen molar-refractivity contribution in [2.45, 2.75) is 134 Å². The first kappa shape index (κ1) is 37.0. The van der Waals surface area contributed by atoms with E-state index in [-0.39, 0.29) is 12.3 Å². The molecule has 0 aliphatic heterocycles. The molecule has 0 amide bonds. The second kappa shape index (κ2) is 16.0. The van der Waals surface area contributed by atoms with Crippen molar-refractivity contribution in [1.29, 1.82) is 0 Å². The zero-order chi connectivity index (χ0) is 31.5. The topological polar surface area (TPSA) is 69.7 Å². The summed E-state index contributed by atoms with van der Waals surface area (Å²) in [6.07, 6.45) is -6.82. The van der Waals surface area contributed by atoms with E-state index >= 15 is 0 Å². The molecule has 41 heavy (non-hydrogen) atoms. The molecule has 0 aliphatic rings. The van der Waals surface area contributed by atoms with Crippen molar-refractivity contribution in [3.8, 4) is 0 Å². The van der Waals surface area contributed by atoms with Gasteiger partial charge in [-0.1, -0.05) is 89.5 Å². The molecule has 13 heteroatoms. The van der Waals surface area contributed by atoms with E-state index in [0.717, 1.165) is 44.9 Å². The van der Waals surface area contributed by atoms with E-state index in [2.05, 4.69) is 9.47 Å². The van der Waals surface area contributed by atoms with Gasteiger partial charge >= 0.3 is 34.3 Å². The van der Waals surface area contributed by atoms with Crippen molar-refractivity contribution in [1.82, 2.24) is 0 Å². The van der Waals surface area contributed by atoms with Gasteiger partial charge in [0.2, 0.25) is 0 Å². The third-order valence-corrected chi connectivity index (χ3v) is 8.39. The lowest BCUT2D eigenvalue weighted by molar-refractivity contribution is -0.376. The Bertz CT molecular complexity index is 1010. The Hall–Kier alpha value is -2.05. The maximum atomic E-state index is 13.9. The van der Waals surface area contributed by atoms with Gasteiger partial charge in [0, 0.05) is 5.56 Å². The first-order valence-corrected chi connectivity index (χ1v) is 15.4. The maximum absolute atomic E-state index is 13.9. The molecule has 0 fully saturated rings. The predicted molar refractivity (Wildman–Crippen MR) is 142 cm³/mol. The molecule has 1 rings (SSSR count). The summed E-state index contributed by atoms with van der Waals surface area (Å²) in [5.41, 5.74) is -5.60. The van der Waals surface area contributed by atoms with Gasteiger partial charge in [-0.2, -0.15) is 34.8 Å². The number of ether oxygens (including phenoxy) is 2. The average molecular weight is 623 g/mol. The Kier molecular flexibility index (Phi) is 14.4. The van der Waals surface area contributed by atoms with Crippen molar-refractivity contribution in [3.63, 3.8) is 0 Å². The zero-order valence-electron chi connectivity index (χ0n) is 23.9. The van der Waals surface area contributed by atoms with E-state index in [0.29, 0.717) is 37.0 Å². The van der Waals surface area contributed by atoms with E-state index < -0.39 is 51.2 Å². The smallest absolute Gasteiger partial charge is 0.432 e. The fraction of sp³-hybridized carbons (Fsp3) is 0.750. The Labute approximate surface area is 238 Å². The van der Waals surface area contributed by atoms with Gasteiger partial charge in [0.05, 0.1) is 11.4 Å². The predicted octanol–water partition coefficient (Wildman–Crippen LogP) is 9.65. The van der Waals surface area contributed by atoms with Gasteiger partial charge < -0.3 is 9.47 Å². The van der Waals surface area contributed by atoms with Crippen molar-refractivity contribution in [2.75, 3.05) is 0 Å². The Morgan fingerprint density at radius 3 is 1.61 bits per heavy atom. The lowest BCUT2D eigenvalue weighted by Crippen LogP contribution is -2.57. The van der Waals surface area contributed by atoms with Crippen LogP contribution in [0.3, 0.4) is 0 Å². The van der Waals surface area contributed by atoms with Gasteiger partial charge in [0.25, 0.3) is 0 Å². The Balaban J connectivity index is 2.63. The highest BCUT2D eigenvalue weighted by Gasteiger charge is 2.75. The lowest BCUT2D eigenvalue weighted by atomic mass is 9.88. The quantitative estimate of drug-likeness (QED) is 0.0749. The number of hydrogen-bond donors (Lipinski definition) is 0. The highest BCUT2D eigenvalue weighted by Crippen LogP contribution is 2.53. The molecule has 0 aliphatic carbocycles. The summed E-state index contributed by atoms with van der Waals surface area (Å²) >= 11 is 0. The van der Waals surface area contributed by atoms with E-state index in [1.165, 1.54) is 26.0 Å². The number of carbonyl (C=O) groups is 1. The van der Waals surface area contributed by atoms with Crippen molar-refractivity contribution in [2.24, 2.45) is 0 Å². The van der Waals surface area contributed by atoms with Crippen LogP contribution in [0.25, 0.3) is 0 Å². The van der Waals surface area contributed by atoms with Crippen LogP contribution in [0.15, 0.2) is 24.3 Å². The third-order valence-electron chi connectivity index (χ3n) is 7.02. The second-order valence-corrected chi connectivity index (χ2v) is 12.2. The molecule has 0 heterocycles. The largest absolute Gasteiger partial charge is 0.510 e. The minimum absolute atomic E-state index is 0.125. The van der Waals surface area contributed by atoms with Crippen LogP contribution in [0.1, 0.15) is 115 Å². The summed E-state index contributed by atoms with van der Waals surface area (Å²) < 4.78 is 127. The van der Waals surface area contributed by atoms with E-state index in [4.69, 9.17) is 0 Å². The highest BCUT2D eigenvalue weighted by molar-refractivity contribution is 7.87. The summed E-state index contributed by atoms with van der Waals surface area (Å²) in [6, 6.07) is 3.73. The first-order chi connectivity index (χ1) is 18.9. The van der Waals surface area contributed by atoms with Crippen molar-refractivity contribution < 1.29 is 52.9 Å². The minimum Gasteiger partial charge on any atom is -0.432 e. The third kappa shape index (κ3) is 11.3. The molecule has 1 aromatic carbocycles. The number of halogens is 7. The number of rotatable bonds is 17. The number of unbranched alkanes of at least 4 members (excludes halogenated alkanes) is 7. The second-order valence-electron chi connectivity index (χ2n) is 10.6. The zero-order valence-corrected chi connectivity index (χ0v) is 24.7. The van der Waals surface area contributed by atoms with Gasteiger partial charge in [-0.3, -0.25) is 0 Å². The molecule has 238 valence electrons. The normalized spacial score (nSPS) is 14.6. The van der Waals surface area contributed by atoms with Crippen LogP contribution >= 0.6 is 0 Å². The first-order valence-electron chi connectivity index (χ1n) is 13.9. The summed E-state index contributed by atoms with van der Waals surface area (Å²) in [6.45, 7) is 6.00. The molecule has 2 unspecified atom stereocenters. The van der Waals surface area contributed by atoms with Gasteiger partial charge in [0.15, 0.2) is 0 Å².